The topological polar surface area (TPSA) is 34.0 Å². The van der Waals surface area contributed by atoms with Crippen LogP contribution >= 0.6 is 0 Å². The Morgan fingerprint density at radius 2 is 2.00 bits per heavy atom. The lowest BCUT2D eigenvalue weighted by Crippen LogP contribution is -2.31. The minimum atomic E-state index is -4.40. The van der Waals surface area contributed by atoms with E-state index in [-0.39, 0.29) is 0 Å². The first-order chi connectivity index (χ1) is 13.5. The number of alkyl halides is 3. The summed E-state index contributed by atoms with van der Waals surface area (Å²) in [5.74, 6) is 0. The summed E-state index contributed by atoms with van der Waals surface area (Å²) < 4.78 is 40.4. The van der Waals surface area contributed by atoms with Gasteiger partial charge in [0.05, 0.1) is 0 Å². The van der Waals surface area contributed by atoms with Crippen molar-refractivity contribution >= 4 is 11.0 Å². The second-order valence-electron chi connectivity index (χ2n) is 7.63. The first-order valence-corrected chi connectivity index (χ1v) is 9.74. The van der Waals surface area contributed by atoms with Gasteiger partial charge in [-0.2, -0.15) is 13.2 Å². The van der Waals surface area contributed by atoms with Crippen molar-refractivity contribution in [1.82, 2.24) is 19.4 Å². The van der Waals surface area contributed by atoms with E-state index in [1.165, 1.54) is 41.7 Å². The monoisotopic (exact) mass is 386 g/mol. The molecule has 2 aliphatic rings. The van der Waals surface area contributed by atoms with Gasteiger partial charge in [0, 0.05) is 49.0 Å². The number of pyridine rings is 2. The zero-order valence-corrected chi connectivity index (χ0v) is 15.4. The lowest BCUT2D eigenvalue weighted by atomic mass is 9.96. The molecule has 3 aromatic rings. The summed E-state index contributed by atoms with van der Waals surface area (Å²) in [4.78, 5) is 10.8. The fourth-order valence-electron chi connectivity index (χ4n) is 4.78. The van der Waals surface area contributed by atoms with E-state index >= 15 is 0 Å². The van der Waals surface area contributed by atoms with E-state index in [1.54, 1.807) is 0 Å². The van der Waals surface area contributed by atoms with Gasteiger partial charge in [0.15, 0.2) is 0 Å². The second kappa shape index (κ2) is 6.58. The summed E-state index contributed by atoms with van der Waals surface area (Å²) >= 11 is 0. The molecular weight excluding hydrogens is 365 g/mol. The standard InChI is InChI=1S/C21H21F3N4/c22-21(23,24)18-6-5-14(13-26-18)7-12-28-17-8-11-27-10-2-4-16(27)19(17)15-3-1-9-25-20(15)28/h1,3,5-6,9,13,16H,2,4,7-8,10-12H2. The average Bonchev–Trinajstić information content (AvgIpc) is 3.28. The highest BCUT2D eigenvalue weighted by Crippen LogP contribution is 2.42. The van der Waals surface area contributed by atoms with E-state index in [1.807, 2.05) is 12.3 Å². The quantitative estimate of drug-likeness (QED) is 0.670. The third kappa shape index (κ3) is 2.89. The number of hydrogen-bond acceptors (Lipinski definition) is 3. The molecule has 0 aliphatic carbocycles. The molecule has 5 heterocycles. The van der Waals surface area contributed by atoms with Crippen LogP contribution in [0.4, 0.5) is 13.2 Å². The number of nitrogens with zero attached hydrogens (tertiary/aromatic N) is 4. The van der Waals surface area contributed by atoms with Crippen LogP contribution in [0.2, 0.25) is 0 Å². The van der Waals surface area contributed by atoms with Crippen LogP contribution < -0.4 is 0 Å². The Morgan fingerprint density at radius 3 is 2.79 bits per heavy atom. The molecule has 28 heavy (non-hydrogen) atoms. The normalized spacial score (nSPS) is 19.8. The Hall–Kier alpha value is -2.41. The van der Waals surface area contributed by atoms with Crippen molar-refractivity contribution in [1.29, 1.82) is 0 Å². The van der Waals surface area contributed by atoms with Crippen molar-refractivity contribution < 1.29 is 13.2 Å². The van der Waals surface area contributed by atoms with Crippen LogP contribution in [0.5, 0.6) is 0 Å². The molecule has 0 spiro atoms. The zero-order valence-electron chi connectivity index (χ0n) is 15.4. The van der Waals surface area contributed by atoms with E-state index in [2.05, 4.69) is 25.5 Å². The molecule has 0 bridgehead atoms. The second-order valence-corrected chi connectivity index (χ2v) is 7.63. The highest BCUT2D eigenvalue weighted by Gasteiger charge is 2.35. The fraction of sp³-hybridized carbons (Fsp3) is 0.429. The van der Waals surface area contributed by atoms with Gasteiger partial charge in [-0.3, -0.25) is 9.88 Å². The molecule has 1 saturated heterocycles. The molecule has 1 unspecified atom stereocenters. The Bertz CT molecular complexity index is 1010. The summed E-state index contributed by atoms with van der Waals surface area (Å²) in [5.41, 5.74) is 3.70. The molecule has 7 heteroatoms. The summed E-state index contributed by atoms with van der Waals surface area (Å²) in [7, 11) is 0. The third-order valence-corrected chi connectivity index (χ3v) is 6.04. The maximum atomic E-state index is 12.7. The molecule has 2 aliphatic heterocycles. The maximum Gasteiger partial charge on any atom is 0.433 e. The SMILES string of the molecule is FC(F)(F)c1ccc(CCn2c3c(c4cccnc42)C2CCCN2CC3)cn1. The largest absolute Gasteiger partial charge is 0.433 e. The maximum absolute atomic E-state index is 12.7. The Kier molecular flexibility index (Phi) is 4.16. The fourth-order valence-corrected chi connectivity index (χ4v) is 4.78. The molecule has 0 radical (unpaired) electrons. The van der Waals surface area contributed by atoms with Gasteiger partial charge in [-0.1, -0.05) is 6.07 Å². The first kappa shape index (κ1) is 17.7. The number of aromatic nitrogens is 3. The average molecular weight is 386 g/mol. The lowest BCUT2D eigenvalue weighted by Gasteiger charge is -2.30. The van der Waals surface area contributed by atoms with Crippen molar-refractivity contribution in [2.45, 2.75) is 44.4 Å². The van der Waals surface area contributed by atoms with Crippen LogP contribution in [0.3, 0.4) is 0 Å². The Labute approximate surface area is 161 Å². The van der Waals surface area contributed by atoms with Crippen molar-refractivity contribution in [2.75, 3.05) is 13.1 Å². The lowest BCUT2D eigenvalue weighted by molar-refractivity contribution is -0.141. The molecule has 3 aromatic heterocycles. The van der Waals surface area contributed by atoms with Gasteiger partial charge in [-0.25, -0.2) is 4.98 Å². The van der Waals surface area contributed by atoms with E-state index in [0.717, 1.165) is 36.8 Å². The van der Waals surface area contributed by atoms with Gasteiger partial charge in [-0.15, -0.1) is 0 Å². The predicted molar refractivity (Wildman–Crippen MR) is 99.9 cm³/mol. The summed E-state index contributed by atoms with van der Waals surface area (Å²) in [6, 6.07) is 7.21. The van der Waals surface area contributed by atoms with E-state index in [9.17, 15) is 13.2 Å². The summed E-state index contributed by atoms with van der Waals surface area (Å²) in [5, 5.41) is 1.22. The van der Waals surface area contributed by atoms with E-state index in [0.29, 0.717) is 19.0 Å². The van der Waals surface area contributed by atoms with E-state index < -0.39 is 11.9 Å². The van der Waals surface area contributed by atoms with Crippen molar-refractivity contribution in [3.05, 3.63) is 59.2 Å². The molecule has 1 atom stereocenters. The molecule has 0 saturated carbocycles. The molecule has 0 aromatic carbocycles. The van der Waals surface area contributed by atoms with Crippen LogP contribution in [0.25, 0.3) is 11.0 Å². The number of rotatable bonds is 3. The van der Waals surface area contributed by atoms with Crippen LogP contribution in [0.15, 0.2) is 36.7 Å². The third-order valence-electron chi connectivity index (χ3n) is 6.04. The number of hydrogen-bond donors (Lipinski definition) is 0. The summed E-state index contributed by atoms with van der Waals surface area (Å²) in [6.07, 6.45) is 2.80. The minimum Gasteiger partial charge on any atom is -0.329 e. The molecule has 0 N–H and O–H groups in total. The molecule has 0 amide bonds. The Balaban J connectivity index is 1.47. The molecule has 4 nitrogen and oxygen atoms in total. The highest BCUT2D eigenvalue weighted by molar-refractivity contribution is 5.83. The van der Waals surface area contributed by atoms with Crippen LogP contribution in [-0.4, -0.2) is 32.5 Å². The number of fused-ring (bicyclic) bond motifs is 5. The Morgan fingerprint density at radius 1 is 1.11 bits per heavy atom. The number of halogens is 3. The smallest absolute Gasteiger partial charge is 0.329 e. The van der Waals surface area contributed by atoms with E-state index in [4.69, 9.17) is 0 Å². The van der Waals surface area contributed by atoms with Crippen LogP contribution in [0, 0.1) is 0 Å². The van der Waals surface area contributed by atoms with Gasteiger partial charge in [0.25, 0.3) is 0 Å². The van der Waals surface area contributed by atoms with Gasteiger partial charge in [0.1, 0.15) is 11.3 Å². The van der Waals surface area contributed by atoms with Crippen molar-refractivity contribution in [3.63, 3.8) is 0 Å². The van der Waals surface area contributed by atoms with Gasteiger partial charge in [0.2, 0.25) is 0 Å². The van der Waals surface area contributed by atoms with Crippen LogP contribution in [0.1, 0.15) is 41.4 Å². The van der Waals surface area contributed by atoms with Gasteiger partial charge in [-0.05, 0) is 55.1 Å². The minimum absolute atomic E-state index is 0.476. The first-order valence-electron chi connectivity index (χ1n) is 9.74. The predicted octanol–water partition coefficient (Wildman–Crippen LogP) is 4.39. The molecular formula is C21H21F3N4. The van der Waals surface area contributed by atoms with Gasteiger partial charge < -0.3 is 4.57 Å². The van der Waals surface area contributed by atoms with Crippen molar-refractivity contribution in [3.8, 4) is 0 Å². The molecule has 5 rings (SSSR count). The van der Waals surface area contributed by atoms with Crippen LogP contribution in [-0.2, 0) is 25.6 Å². The van der Waals surface area contributed by atoms with Gasteiger partial charge >= 0.3 is 6.18 Å². The van der Waals surface area contributed by atoms with Crippen molar-refractivity contribution in [2.24, 2.45) is 0 Å². The highest BCUT2D eigenvalue weighted by atomic mass is 19.4. The molecule has 1 fully saturated rings. The zero-order chi connectivity index (χ0) is 19.3. The summed E-state index contributed by atoms with van der Waals surface area (Å²) in [6.45, 7) is 2.92. The number of aryl methyl sites for hydroxylation is 2. The molecule has 146 valence electrons.